The van der Waals surface area contributed by atoms with Crippen LogP contribution in [0.5, 0.6) is 0 Å². The SMILES string of the molecule is O=CC1CCN(CC(O)c2ccc(F)cc2)CC1. The van der Waals surface area contributed by atoms with Gasteiger partial charge in [0.25, 0.3) is 0 Å². The van der Waals surface area contributed by atoms with Crippen LogP contribution < -0.4 is 0 Å². The van der Waals surface area contributed by atoms with Crippen LogP contribution in [0.4, 0.5) is 4.39 Å². The average molecular weight is 251 g/mol. The highest BCUT2D eigenvalue weighted by Crippen LogP contribution is 2.19. The van der Waals surface area contributed by atoms with Gasteiger partial charge in [0.2, 0.25) is 0 Å². The van der Waals surface area contributed by atoms with Gasteiger partial charge in [0.1, 0.15) is 12.1 Å². The summed E-state index contributed by atoms with van der Waals surface area (Å²) in [6.45, 7) is 2.21. The third-order valence-electron chi connectivity index (χ3n) is 3.51. The standard InChI is InChI=1S/C14H18FNO2/c15-13-3-1-12(2-4-13)14(18)9-16-7-5-11(10-17)6-8-16/h1-4,10-11,14,18H,5-9H2. The summed E-state index contributed by atoms with van der Waals surface area (Å²) in [6.07, 6.45) is 2.14. The fourth-order valence-electron chi connectivity index (χ4n) is 2.31. The fourth-order valence-corrected chi connectivity index (χ4v) is 2.31. The second-order valence-electron chi connectivity index (χ2n) is 4.84. The first kappa shape index (κ1) is 13.2. The predicted molar refractivity (Wildman–Crippen MR) is 66.6 cm³/mol. The molecule has 0 bridgehead atoms. The van der Waals surface area contributed by atoms with Gasteiger partial charge in [-0.2, -0.15) is 0 Å². The quantitative estimate of drug-likeness (QED) is 0.829. The van der Waals surface area contributed by atoms with E-state index in [1.54, 1.807) is 12.1 Å². The molecule has 1 unspecified atom stereocenters. The van der Waals surface area contributed by atoms with Crippen LogP contribution in [0.25, 0.3) is 0 Å². The Balaban J connectivity index is 1.86. The van der Waals surface area contributed by atoms with Crippen LogP contribution in [-0.2, 0) is 4.79 Å². The van der Waals surface area contributed by atoms with E-state index in [4.69, 9.17) is 0 Å². The molecule has 0 saturated carbocycles. The zero-order valence-corrected chi connectivity index (χ0v) is 10.3. The summed E-state index contributed by atoms with van der Waals surface area (Å²) >= 11 is 0. The number of nitrogens with zero attached hydrogens (tertiary/aromatic N) is 1. The van der Waals surface area contributed by atoms with Gasteiger partial charge in [0.05, 0.1) is 6.10 Å². The monoisotopic (exact) mass is 251 g/mol. The molecular weight excluding hydrogens is 233 g/mol. The van der Waals surface area contributed by atoms with Crippen molar-refractivity contribution in [3.8, 4) is 0 Å². The van der Waals surface area contributed by atoms with Gasteiger partial charge in [-0.15, -0.1) is 0 Å². The molecule has 1 atom stereocenters. The molecule has 0 spiro atoms. The first-order chi connectivity index (χ1) is 8.69. The fraction of sp³-hybridized carbons (Fsp3) is 0.500. The average Bonchev–Trinajstić information content (AvgIpc) is 2.40. The van der Waals surface area contributed by atoms with Gasteiger partial charge >= 0.3 is 0 Å². The van der Waals surface area contributed by atoms with Crippen LogP contribution in [-0.4, -0.2) is 35.9 Å². The Morgan fingerprint density at radius 2 is 1.94 bits per heavy atom. The Bertz CT molecular complexity index is 385. The third kappa shape index (κ3) is 3.37. The van der Waals surface area contributed by atoms with Crippen molar-refractivity contribution in [2.45, 2.75) is 18.9 Å². The van der Waals surface area contributed by atoms with Crippen molar-refractivity contribution in [1.29, 1.82) is 0 Å². The Hall–Kier alpha value is -1.26. The summed E-state index contributed by atoms with van der Waals surface area (Å²) in [5.74, 6) is -0.123. The van der Waals surface area contributed by atoms with E-state index in [1.165, 1.54) is 12.1 Å². The number of rotatable bonds is 4. The Kier molecular flexibility index (Phi) is 4.44. The third-order valence-corrected chi connectivity index (χ3v) is 3.51. The first-order valence-electron chi connectivity index (χ1n) is 6.30. The van der Waals surface area contributed by atoms with E-state index in [1.807, 2.05) is 0 Å². The van der Waals surface area contributed by atoms with Crippen molar-refractivity contribution in [2.24, 2.45) is 5.92 Å². The molecule has 0 radical (unpaired) electrons. The van der Waals surface area contributed by atoms with Gasteiger partial charge < -0.3 is 14.8 Å². The first-order valence-corrected chi connectivity index (χ1v) is 6.30. The molecule has 3 nitrogen and oxygen atoms in total. The molecule has 1 N–H and O–H groups in total. The van der Waals surface area contributed by atoms with Crippen LogP contribution in [0.2, 0.25) is 0 Å². The van der Waals surface area contributed by atoms with E-state index in [-0.39, 0.29) is 11.7 Å². The minimum absolute atomic E-state index is 0.171. The topological polar surface area (TPSA) is 40.5 Å². The molecule has 0 amide bonds. The number of halogens is 1. The summed E-state index contributed by atoms with van der Waals surface area (Å²) in [6, 6.07) is 5.94. The molecule has 0 aromatic heterocycles. The predicted octanol–water partition coefficient (Wildman–Crippen LogP) is 1.77. The lowest BCUT2D eigenvalue weighted by atomic mass is 9.98. The lowest BCUT2D eigenvalue weighted by Crippen LogP contribution is -2.36. The van der Waals surface area contributed by atoms with Crippen LogP contribution in [0.1, 0.15) is 24.5 Å². The highest BCUT2D eigenvalue weighted by Gasteiger charge is 2.20. The number of benzene rings is 1. The Labute approximate surface area is 106 Å². The molecular formula is C14H18FNO2. The summed E-state index contributed by atoms with van der Waals surface area (Å²) in [7, 11) is 0. The number of aliphatic hydroxyl groups excluding tert-OH is 1. The molecule has 98 valence electrons. The van der Waals surface area contributed by atoms with E-state index in [9.17, 15) is 14.3 Å². The van der Waals surface area contributed by atoms with Crippen LogP contribution in [0.3, 0.4) is 0 Å². The van der Waals surface area contributed by atoms with Crippen LogP contribution in [0, 0.1) is 11.7 Å². The van der Waals surface area contributed by atoms with E-state index < -0.39 is 6.10 Å². The summed E-state index contributed by atoms with van der Waals surface area (Å²) in [5.41, 5.74) is 0.730. The zero-order valence-electron chi connectivity index (χ0n) is 10.3. The molecule has 18 heavy (non-hydrogen) atoms. The van der Waals surface area contributed by atoms with Crippen molar-refractivity contribution in [1.82, 2.24) is 4.90 Å². The number of carbonyl (C=O) groups is 1. The van der Waals surface area contributed by atoms with Crippen LogP contribution in [0.15, 0.2) is 24.3 Å². The maximum absolute atomic E-state index is 12.8. The second kappa shape index (κ2) is 6.07. The molecule has 1 saturated heterocycles. The molecule has 1 aliphatic heterocycles. The van der Waals surface area contributed by atoms with Crippen LogP contribution >= 0.6 is 0 Å². The van der Waals surface area contributed by atoms with Crippen molar-refractivity contribution in [3.63, 3.8) is 0 Å². The zero-order chi connectivity index (χ0) is 13.0. The summed E-state index contributed by atoms with van der Waals surface area (Å²) < 4.78 is 12.8. The molecule has 1 heterocycles. The summed E-state index contributed by atoms with van der Waals surface area (Å²) in [5, 5.41) is 10.1. The van der Waals surface area contributed by atoms with Gasteiger partial charge in [-0.3, -0.25) is 0 Å². The van der Waals surface area contributed by atoms with Gasteiger partial charge in [-0.1, -0.05) is 12.1 Å². The lowest BCUT2D eigenvalue weighted by Gasteiger charge is -2.31. The maximum Gasteiger partial charge on any atom is 0.123 e. The van der Waals surface area contributed by atoms with Crippen molar-refractivity contribution < 1.29 is 14.3 Å². The van der Waals surface area contributed by atoms with Gasteiger partial charge in [-0.05, 0) is 43.6 Å². The number of aliphatic hydroxyl groups is 1. The summed E-state index contributed by atoms with van der Waals surface area (Å²) in [4.78, 5) is 12.8. The second-order valence-corrected chi connectivity index (χ2v) is 4.84. The molecule has 2 rings (SSSR count). The number of aldehydes is 1. The molecule has 1 aromatic rings. The van der Waals surface area contributed by atoms with Gasteiger partial charge in [0, 0.05) is 12.5 Å². The highest BCUT2D eigenvalue weighted by molar-refractivity contribution is 5.53. The van der Waals surface area contributed by atoms with Gasteiger partial charge in [-0.25, -0.2) is 4.39 Å². The molecule has 0 aliphatic carbocycles. The largest absolute Gasteiger partial charge is 0.387 e. The molecule has 1 aliphatic rings. The highest BCUT2D eigenvalue weighted by atomic mass is 19.1. The van der Waals surface area contributed by atoms with Crippen molar-refractivity contribution >= 4 is 6.29 Å². The van der Waals surface area contributed by atoms with E-state index in [2.05, 4.69) is 4.90 Å². The minimum atomic E-state index is -0.599. The van der Waals surface area contributed by atoms with E-state index in [0.717, 1.165) is 37.8 Å². The number of piperidine rings is 1. The molecule has 1 aromatic carbocycles. The smallest absolute Gasteiger partial charge is 0.123 e. The molecule has 1 fully saturated rings. The van der Waals surface area contributed by atoms with E-state index >= 15 is 0 Å². The van der Waals surface area contributed by atoms with E-state index in [0.29, 0.717) is 6.54 Å². The van der Waals surface area contributed by atoms with Crippen molar-refractivity contribution in [2.75, 3.05) is 19.6 Å². The Morgan fingerprint density at radius 3 is 2.50 bits per heavy atom. The Morgan fingerprint density at radius 1 is 1.33 bits per heavy atom. The number of β-amino-alcohol motifs (C(OH)–C–C–N with tert-alkyl or cyclic N) is 1. The lowest BCUT2D eigenvalue weighted by molar-refractivity contribution is -0.112. The molecule has 4 heteroatoms. The minimum Gasteiger partial charge on any atom is -0.387 e. The normalized spacial score (nSPS) is 19.7. The number of hydrogen-bond donors (Lipinski definition) is 1. The number of carbonyl (C=O) groups excluding carboxylic acids is 1. The van der Waals surface area contributed by atoms with Crippen molar-refractivity contribution in [3.05, 3.63) is 35.6 Å². The number of likely N-dealkylation sites (tertiary alicyclic amines) is 1. The van der Waals surface area contributed by atoms with Gasteiger partial charge in [0.15, 0.2) is 0 Å². The maximum atomic E-state index is 12.8. The number of hydrogen-bond acceptors (Lipinski definition) is 3.